The first kappa shape index (κ1) is 22.4. The number of hydrogen-bond donors (Lipinski definition) is 1. The van der Waals surface area contributed by atoms with E-state index in [9.17, 15) is 22.0 Å². The first-order valence-electron chi connectivity index (χ1n) is 8.56. The number of ether oxygens (including phenoxy) is 2. The Balaban J connectivity index is 1.91. The molecule has 11 heteroatoms. The zero-order valence-corrected chi connectivity index (χ0v) is 17.7. The number of halogens is 3. The van der Waals surface area contributed by atoms with Gasteiger partial charge in [0.05, 0.1) is 13.4 Å². The molecule has 3 rings (SSSR count). The summed E-state index contributed by atoms with van der Waals surface area (Å²) in [5.41, 5.74) is 1.03. The molecule has 0 radical (unpaired) electrons. The molecule has 1 amide bonds. The number of nitrogens with one attached hydrogen (secondary N) is 1. The second-order valence-electron chi connectivity index (χ2n) is 6.31. The fourth-order valence-electron chi connectivity index (χ4n) is 2.61. The highest BCUT2D eigenvalue weighted by atomic mass is 35.5. The van der Waals surface area contributed by atoms with Crippen LogP contribution in [0, 0.1) is 11.6 Å². The predicted octanol–water partition coefficient (Wildman–Crippen LogP) is 4.17. The summed E-state index contributed by atoms with van der Waals surface area (Å²) in [7, 11) is -2.36. The van der Waals surface area contributed by atoms with Crippen molar-refractivity contribution in [3.05, 3.63) is 70.9 Å². The molecular weight excluding hydrogens is 454 g/mol. The molecule has 0 aliphatic rings. The van der Waals surface area contributed by atoms with Crippen LogP contribution in [0.25, 0.3) is 11.1 Å². The van der Waals surface area contributed by atoms with Gasteiger partial charge in [-0.3, -0.25) is 4.79 Å². The number of aromatic nitrogens is 1. The van der Waals surface area contributed by atoms with Gasteiger partial charge in [-0.05, 0) is 36.4 Å². The Hall–Kier alpha value is -3.24. The van der Waals surface area contributed by atoms with E-state index in [0.717, 1.165) is 24.5 Å². The molecule has 162 valence electrons. The van der Waals surface area contributed by atoms with Crippen LogP contribution < -0.4 is 14.2 Å². The number of carbonyl (C=O) groups excluding carboxylic acids is 1. The molecule has 7 nitrogen and oxygen atoms in total. The van der Waals surface area contributed by atoms with Gasteiger partial charge in [0.15, 0.2) is 11.6 Å². The quantitative estimate of drug-likeness (QED) is 0.583. The van der Waals surface area contributed by atoms with Crippen molar-refractivity contribution in [3.63, 3.8) is 0 Å². The minimum Gasteiger partial charge on any atom is -0.496 e. The Morgan fingerprint density at radius 1 is 1.10 bits per heavy atom. The van der Waals surface area contributed by atoms with Crippen LogP contribution in [0.3, 0.4) is 0 Å². The van der Waals surface area contributed by atoms with Crippen LogP contribution in [-0.2, 0) is 10.0 Å². The minimum atomic E-state index is -3.73. The van der Waals surface area contributed by atoms with Crippen LogP contribution in [0.1, 0.15) is 10.4 Å². The fourth-order valence-corrected chi connectivity index (χ4v) is 3.27. The number of hydrogen-bond acceptors (Lipinski definition) is 6. The average Bonchev–Trinajstić information content (AvgIpc) is 2.70. The Morgan fingerprint density at radius 2 is 1.84 bits per heavy atom. The summed E-state index contributed by atoms with van der Waals surface area (Å²) in [6, 6.07) is 8.48. The molecule has 2 aromatic carbocycles. The summed E-state index contributed by atoms with van der Waals surface area (Å²) in [6.45, 7) is 0. The maximum absolute atomic E-state index is 13.8. The van der Waals surface area contributed by atoms with E-state index in [-0.39, 0.29) is 28.0 Å². The van der Waals surface area contributed by atoms with E-state index in [0.29, 0.717) is 11.1 Å². The van der Waals surface area contributed by atoms with Gasteiger partial charge in [-0.15, -0.1) is 0 Å². The normalized spacial score (nSPS) is 11.1. The van der Waals surface area contributed by atoms with Crippen molar-refractivity contribution in [3.8, 4) is 28.5 Å². The van der Waals surface area contributed by atoms with Gasteiger partial charge in [-0.2, -0.15) is 0 Å². The second kappa shape index (κ2) is 8.86. The maximum Gasteiger partial charge on any atom is 0.264 e. The molecule has 0 unspecified atom stereocenters. The summed E-state index contributed by atoms with van der Waals surface area (Å²) in [4.78, 5) is 16.1. The molecule has 0 bridgehead atoms. The topological polar surface area (TPSA) is 94.6 Å². The Bertz CT molecular complexity index is 1270. The number of methoxy groups -OCH3 is 1. The summed E-state index contributed by atoms with van der Waals surface area (Å²) >= 11 is 6.20. The third-order valence-electron chi connectivity index (χ3n) is 3.96. The number of rotatable bonds is 6. The number of carbonyl (C=O) groups is 1. The molecule has 0 atom stereocenters. The first-order valence-corrected chi connectivity index (χ1v) is 10.8. The predicted molar refractivity (Wildman–Crippen MR) is 110 cm³/mol. The van der Waals surface area contributed by atoms with E-state index in [1.807, 2.05) is 4.72 Å². The molecule has 1 N–H and O–H groups in total. The van der Waals surface area contributed by atoms with Gasteiger partial charge in [-0.25, -0.2) is 26.9 Å². The molecule has 31 heavy (non-hydrogen) atoms. The standard InChI is InChI=1S/C20H15ClF2N2O5S/c1-29-17-8-11(19(26)25-31(2,27)28)3-5-14(17)12-7-15(21)20(24-10-12)30-18-9-13(22)4-6-16(18)23/h3-10H,1-2H3,(H,25,26). The van der Waals surface area contributed by atoms with Crippen LogP contribution in [0.5, 0.6) is 17.4 Å². The Labute approximate surface area is 181 Å². The van der Waals surface area contributed by atoms with Crippen molar-refractivity contribution in [2.24, 2.45) is 0 Å². The average molecular weight is 469 g/mol. The molecule has 0 aliphatic heterocycles. The number of benzene rings is 2. The monoisotopic (exact) mass is 468 g/mol. The van der Waals surface area contributed by atoms with E-state index in [2.05, 4.69) is 4.98 Å². The lowest BCUT2D eigenvalue weighted by atomic mass is 10.0. The van der Waals surface area contributed by atoms with Crippen molar-refractivity contribution in [1.82, 2.24) is 9.71 Å². The van der Waals surface area contributed by atoms with Crippen molar-refractivity contribution < 1.29 is 31.5 Å². The largest absolute Gasteiger partial charge is 0.496 e. The highest BCUT2D eigenvalue weighted by molar-refractivity contribution is 7.89. The van der Waals surface area contributed by atoms with Crippen molar-refractivity contribution in [1.29, 1.82) is 0 Å². The number of sulfonamides is 1. The zero-order chi connectivity index (χ0) is 22.8. The highest BCUT2D eigenvalue weighted by Gasteiger charge is 2.17. The number of nitrogens with zero attached hydrogens (tertiary/aromatic N) is 1. The summed E-state index contributed by atoms with van der Waals surface area (Å²) < 4.78 is 62.0. The molecule has 0 aliphatic carbocycles. The van der Waals surface area contributed by atoms with Crippen LogP contribution in [-0.4, -0.2) is 32.7 Å². The molecule has 0 saturated heterocycles. The molecule has 1 aromatic heterocycles. The summed E-state index contributed by atoms with van der Waals surface area (Å²) in [5.74, 6) is -2.55. The smallest absolute Gasteiger partial charge is 0.264 e. The third-order valence-corrected chi connectivity index (χ3v) is 4.79. The fraction of sp³-hybridized carbons (Fsp3) is 0.100. The van der Waals surface area contributed by atoms with Crippen LogP contribution in [0.4, 0.5) is 8.78 Å². The highest BCUT2D eigenvalue weighted by Crippen LogP contribution is 2.36. The van der Waals surface area contributed by atoms with Gasteiger partial charge < -0.3 is 9.47 Å². The van der Waals surface area contributed by atoms with Crippen LogP contribution in [0.15, 0.2) is 48.7 Å². The molecule has 0 saturated carbocycles. The minimum absolute atomic E-state index is 0.0158. The van der Waals surface area contributed by atoms with E-state index < -0.39 is 27.6 Å². The molecule has 0 fully saturated rings. The van der Waals surface area contributed by atoms with E-state index in [1.165, 1.54) is 37.6 Å². The Morgan fingerprint density at radius 3 is 2.48 bits per heavy atom. The zero-order valence-electron chi connectivity index (χ0n) is 16.1. The van der Waals surface area contributed by atoms with Gasteiger partial charge in [0, 0.05) is 29.0 Å². The van der Waals surface area contributed by atoms with Gasteiger partial charge >= 0.3 is 0 Å². The van der Waals surface area contributed by atoms with Crippen molar-refractivity contribution in [2.45, 2.75) is 0 Å². The van der Waals surface area contributed by atoms with Crippen molar-refractivity contribution >= 4 is 27.5 Å². The number of amides is 1. The maximum atomic E-state index is 13.8. The molecule has 1 heterocycles. The lowest BCUT2D eigenvalue weighted by Gasteiger charge is -2.12. The lowest BCUT2D eigenvalue weighted by Crippen LogP contribution is -2.29. The van der Waals surface area contributed by atoms with E-state index in [1.54, 1.807) is 0 Å². The molecule has 3 aromatic rings. The SMILES string of the molecule is COc1cc(C(=O)NS(C)(=O)=O)ccc1-c1cnc(Oc2cc(F)ccc2F)c(Cl)c1. The van der Waals surface area contributed by atoms with Gasteiger partial charge in [-0.1, -0.05) is 11.6 Å². The van der Waals surface area contributed by atoms with Gasteiger partial charge in [0.2, 0.25) is 15.9 Å². The van der Waals surface area contributed by atoms with Crippen molar-refractivity contribution in [2.75, 3.05) is 13.4 Å². The van der Waals surface area contributed by atoms with Gasteiger partial charge in [0.25, 0.3) is 5.91 Å². The van der Waals surface area contributed by atoms with E-state index in [4.69, 9.17) is 21.1 Å². The summed E-state index contributed by atoms with van der Waals surface area (Å²) in [6.07, 6.45) is 2.23. The number of pyridine rings is 1. The lowest BCUT2D eigenvalue weighted by molar-refractivity contribution is 0.0981. The van der Waals surface area contributed by atoms with Gasteiger partial charge in [0.1, 0.15) is 16.6 Å². The molecular formula is C20H15ClF2N2O5S. The second-order valence-corrected chi connectivity index (χ2v) is 8.46. The third kappa shape index (κ3) is 5.47. The van der Waals surface area contributed by atoms with Crippen LogP contribution in [0.2, 0.25) is 5.02 Å². The van der Waals surface area contributed by atoms with E-state index >= 15 is 0 Å². The van der Waals surface area contributed by atoms with Crippen LogP contribution >= 0.6 is 11.6 Å². The Kier molecular flexibility index (Phi) is 6.42. The first-order chi connectivity index (χ1) is 14.6. The molecule has 0 spiro atoms. The summed E-state index contributed by atoms with van der Waals surface area (Å²) in [5, 5.41) is 0.0158.